The van der Waals surface area contributed by atoms with Gasteiger partial charge in [-0.15, -0.1) is 0 Å². The first-order chi connectivity index (χ1) is 8.69. The highest BCUT2D eigenvalue weighted by atomic mass is 35.5. The molecule has 1 aromatic carbocycles. The molecule has 3 rings (SSSR count). The number of aliphatic imine (C=N–C) groups is 1. The van der Waals surface area contributed by atoms with Crippen molar-refractivity contribution < 1.29 is 9.84 Å². The first-order valence-electron chi connectivity index (χ1n) is 5.76. The van der Waals surface area contributed by atoms with Gasteiger partial charge in [-0.05, 0) is 36.3 Å². The fraction of sp³-hybridized carbons (Fsp3) is 0.308. The molecule has 0 amide bonds. The quantitative estimate of drug-likeness (QED) is 0.842. The van der Waals surface area contributed by atoms with Gasteiger partial charge in [0.15, 0.2) is 0 Å². The van der Waals surface area contributed by atoms with Gasteiger partial charge in [0, 0.05) is 12.1 Å². The van der Waals surface area contributed by atoms with E-state index in [1.54, 1.807) is 13.2 Å². The van der Waals surface area contributed by atoms with Crippen LogP contribution >= 0.6 is 11.6 Å². The van der Waals surface area contributed by atoms with E-state index >= 15 is 0 Å². The van der Waals surface area contributed by atoms with E-state index in [0.717, 1.165) is 30.0 Å². The summed E-state index contributed by atoms with van der Waals surface area (Å²) in [6.07, 6.45) is 1.76. The summed E-state index contributed by atoms with van der Waals surface area (Å²) < 4.78 is 5.23. The Morgan fingerprint density at radius 3 is 3.11 bits per heavy atom. The molecule has 2 aliphatic heterocycles. The van der Waals surface area contributed by atoms with Crippen molar-refractivity contribution in [1.29, 1.82) is 0 Å². The number of ether oxygens (including phenoxy) is 1. The van der Waals surface area contributed by atoms with Crippen LogP contribution < -0.4 is 4.74 Å². The predicted molar refractivity (Wildman–Crippen MR) is 70.7 cm³/mol. The Morgan fingerprint density at radius 2 is 2.33 bits per heavy atom. The molecule has 5 heteroatoms. The van der Waals surface area contributed by atoms with Gasteiger partial charge in [-0.25, -0.2) is 4.99 Å². The number of halogens is 1. The number of methoxy groups -OCH3 is 1. The fourth-order valence-electron chi connectivity index (χ4n) is 2.40. The molecule has 0 aliphatic carbocycles. The zero-order chi connectivity index (χ0) is 12.7. The van der Waals surface area contributed by atoms with Gasteiger partial charge in [-0.1, -0.05) is 11.6 Å². The molecule has 0 saturated heterocycles. The Kier molecular flexibility index (Phi) is 2.76. The van der Waals surface area contributed by atoms with E-state index in [1.807, 2.05) is 23.1 Å². The number of aliphatic hydroxyl groups excluding tert-OH is 1. The molecular weight excluding hydrogens is 252 g/mol. The highest BCUT2D eigenvalue weighted by Gasteiger charge is 2.28. The summed E-state index contributed by atoms with van der Waals surface area (Å²) in [4.78, 5) is 5.78. The van der Waals surface area contributed by atoms with Crippen molar-refractivity contribution in [3.8, 4) is 5.75 Å². The van der Waals surface area contributed by atoms with Crippen LogP contribution in [0, 0.1) is 0 Å². The summed E-state index contributed by atoms with van der Waals surface area (Å²) in [6.45, 7) is 0.723. The van der Waals surface area contributed by atoms with E-state index < -0.39 is 6.35 Å². The fourth-order valence-corrected chi connectivity index (χ4v) is 2.59. The molecule has 4 nitrogen and oxygen atoms in total. The lowest BCUT2D eigenvalue weighted by Crippen LogP contribution is -2.39. The molecule has 18 heavy (non-hydrogen) atoms. The Hall–Kier alpha value is -1.52. The number of rotatable bonds is 1. The highest BCUT2D eigenvalue weighted by molar-refractivity contribution is 6.69. The van der Waals surface area contributed by atoms with Gasteiger partial charge < -0.3 is 14.7 Å². The molecule has 94 valence electrons. The van der Waals surface area contributed by atoms with Crippen LogP contribution in [0.4, 0.5) is 0 Å². The first-order valence-corrected chi connectivity index (χ1v) is 6.14. The van der Waals surface area contributed by atoms with Gasteiger partial charge >= 0.3 is 0 Å². The lowest BCUT2D eigenvalue weighted by atomic mass is 9.95. The van der Waals surface area contributed by atoms with Crippen LogP contribution in [-0.2, 0) is 6.42 Å². The van der Waals surface area contributed by atoms with Crippen LogP contribution in [0.25, 0.3) is 5.70 Å². The van der Waals surface area contributed by atoms with Crippen molar-refractivity contribution in [2.45, 2.75) is 12.8 Å². The maximum Gasteiger partial charge on any atom is 0.227 e. The van der Waals surface area contributed by atoms with Crippen LogP contribution in [0.5, 0.6) is 5.75 Å². The largest absolute Gasteiger partial charge is 0.497 e. The average Bonchev–Trinajstić information content (AvgIpc) is 2.37. The number of fused-ring (bicyclic) bond motifs is 3. The van der Waals surface area contributed by atoms with E-state index in [4.69, 9.17) is 16.3 Å². The minimum atomic E-state index is -0.882. The van der Waals surface area contributed by atoms with Crippen molar-refractivity contribution in [3.05, 3.63) is 35.4 Å². The molecule has 1 atom stereocenters. The van der Waals surface area contributed by atoms with Gasteiger partial charge in [-0.3, -0.25) is 0 Å². The lowest BCUT2D eigenvalue weighted by molar-refractivity contribution is 0.0515. The van der Waals surface area contributed by atoms with Gasteiger partial charge in [0.05, 0.1) is 12.8 Å². The molecule has 0 fully saturated rings. The summed E-state index contributed by atoms with van der Waals surface area (Å²) in [5, 5.41) is 10.2. The van der Waals surface area contributed by atoms with Gasteiger partial charge in [0.25, 0.3) is 0 Å². The summed E-state index contributed by atoms with van der Waals surface area (Å²) in [7, 11) is 1.66. The summed E-state index contributed by atoms with van der Waals surface area (Å²) >= 11 is 5.92. The van der Waals surface area contributed by atoms with Crippen molar-refractivity contribution in [2.24, 2.45) is 4.99 Å². The average molecular weight is 265 g/mol. The zero-order valence-electron chi connectivity index (χ0n) is 9.93. The van der Waals surface area contributed by atoms with Crippen LogP contribution in [0.15, 0.2) is 29.3 Å². The lowest BCUT2D eigenvalue weighted by Gasteiger charge is -2.37. The molecule has 2 aliphatic rings. The molecule has 2 heterocycles. The first kappa shape index (κ1) is 11.6. The summed E-state index contributed by atoms with van der Waals surface area (Å²) in [5.74, 6) is 0.846. The molecule has 0 saturated carbocycles. The van der Waals surface area contributed by atoms with Crippen LogP contribution in [-0.4, -0.2) is 35.2 Å². The third-order valence-electron chi connectivity index (χ3n) is 3.29. The number of benzene rings is 1. The molecule has 0 radical (unpaired) electrons. The molecule has 0 bridgehead atoms. The molecule has 1 N–H and O–H groups in total. The van der Waals surface area contributed by atoms with E-state index in [0.29, 0.717) is 5.17 Å². The molecule has 1 unspecified atom stereocenters. The third kappa shape index (κ3) is 1.78. The number of nitrogens with zero attached hydrogens (tertiary/aromatic N) is 2. The van der Waals surface area contributed by atoms with Crippen molar-refractivity contribution in [3.63, 3.8) is 0 Å². The monoisotopic (exact) mass is 264 g/mol. The second-order valence-corrected chi connectivity index (χ2v) is 4.68. The Balaban J connectivity index is 2.09. The van der Waals surface area contributed by atoms with Gasteiger partial charge in [0.2, 0.25) is 6.35 Å². The highest BCUT2D eigenvalue weighted by Crippen LogP contribution is 2.34. The maximum absolute atomic E-state index is 9.89. The summed E-state index contributed by atoms with van der Waals surface area (Å²) in [5.41, 5.74) is 3.20. The van der Waals surface area contributed by atoms with Crippen LogP contribution in [0.2, 0.25) is 0 Å². The number of hydrogen-bond acceptors (Lipinski definition) is 4. The molecule has 1 aromatic rings. The van der Waals surface area contributed by atoms with E-state index in [9.17, 15) is 5.11 Å². The second kappa shape index (κ2) is 4.30. The van der Waals surface area contributed by atoms with Crippen molar-refractivity contribution in [1.82, 2.24) is 4.90 Å². The smallest absolute Gasteiger partial charge is 0.227 e. The van der Waals surface area contributed by atoms with Crippen molar-refractivity contribution in [2.75, 3.05) is 13.7 Å². The normalized spacial score (nSPS) is 21.7. The topological polar surface area (TPSA) is 45.1 Å². The Bertz CT molecular complexity index is 554. The van der Waals surface area contributed by atoms with Gasteiger partial charge in [0.1, 0.15) is 10.9 Å². The molecule has 0 spiro atoms. The van der Waals surface area contributed by atoms with Gasteiger partial charge in [-0.2, -0.15) is 0 Å². The van der Waals surface area contributed by atoms with Crippen molar-refractivity contribution >= 4 is 22.5 Å². The Labute approximate surface area is 110 Å². The number of allylic oxidation sites excluding steroid dienone is 1. The number of aliphatic hydroxyl groups is 1. The Morgan fingerprint density at radius 1 is 1.50 bits per heavy atom. The predicted octanol–water partition coefficient (Wildman–Crippen LogP) is 1.82. The second-order valence-electron chi connectivity index (χ2n) is 4.29. The minimum Gasteiger partial charge on any atom is -0.497 e. The maximum atomic E-state index is 9.89. The summed E-state index contributed by atoms with van der Waals surface area (Å²) in [6, 6.07) is 5.93. The molecular formula is C13H13ClN2O2. The number of hydrogen-bond donors (Lipinski definition) is 1. The van der Waals surface area contributed by atoms with E-state index in [1.165, 1.54) is 5.56 Å². The SMILES string of the molecule is COc1ccc2c(c1)CCN1C2=CC(Cl)=NC1O. The van der Waals surface area contributed by atoms with E-state index in [2.05, 4.69) is 4.99 Å². The molecule has 0 aromatic heterocycles. The zero-order valence-corrected chi connectivity index (χ0v) is 10.7. The minimum absolute atomic E-state index is 0.331. The van der Waals surface area contributed by atoms with Crippen LogP contribution in [0.3, 0.4) is 0 Å². The van der Waals surface area contributed by atoms with Crippen LogP contribution in [0.1, 0.15) is 11.1 Å². The standard InChI is InChI=1S/C13H13ClN2O2/c1-18-9-2-3-10-8(6-9)4-5-16-11(10)7-12(14)15-13(16)17/h2-3,6-7,13,17H,4-5H2,1H3. The third-order valence-corrected chi connectivity index (χ3v) is 3.50. The van der Waals surface area contributed by atoms with E-state index in [-0.39, 0.29) is 0 Å².